The fraction of sp³-hybridized carbons (Fsp3) is 0.125. The van der Waals surface area contributed by atoms with E-state index in [-0.39, 0.29) is 10.6 Å². The monoisotopic (exact) mass is 231 g/mol. The van der Waals surface area contributed by atoms with Crippen molar-refractivity contribution in [3.05, 3.63) is 24.3 Å². The fourth-order valence-corrected chi connectivity index (χ4v) is 1.46. The van der Waals surface area contributed by atoms with E-state index in [1.54, 1.807) is 0 Å². The Morgan fingerprint density at radius 2 is 2.07 bits per heavy atom. The Bertz CT molecular complexity index is 468. The number of carbonyl (C=O) groups excluding carboxylic acids is 1. The molecule has 0 radical (unpaired) electrons. The van der Waals surface area contributed by atoms with Crippen LogP contribution in [-0.2, 0) is 14.9 Å². The summed E-state index contributed by atoms with van der Waals surface area (Å²) in [5.41, 5.74) is 0.184. The molecule has 0 aliphatic carbocycles. The molecule has 0 spiro atoms. The zero-order chi connectivity index (χ0) is 11.5. The zero-order valence-corrected chi connectivity index (χ0v) is 8.36. The molecule has 6 nitrogen and oxygen atoms in total. The molecule has 0 unspecified atom stereocenters. The smallest absolute Gasteiger partial charge is 0.294 e. The molecule has 0 heterocycles. The predicted octanol–water partition coefficient (Wildman–Crippen LogP) is -0.136. The van der Waals surface area contributed by atoms with Crippen molar-refractivity contribution < 1.29 is 22.9 Å². The average Bonchev–Trinajstić information content (AvgIpc) is 2.17. The van der Waals surface area contributed by atoms with Gasteiger partial charge in [-0.25, -0.2) is 0 Å². The number of anilines is 1. The second-order valence-electron chi connectivity index (χ2n) is 2.71. The molecular formula is C8H9NO5S. The third-order valence-electron chi connectivity index (χ3n) is 1.56. The summed E-state index contributed by atoms with van der Waals surface area (Å²) < 4.78 is 30.2. The minimum atomic E-state index is -4.28. The number of amides is 1. The molecule has 1 rings (SSSR count). The highest BCUT2D eigenvalue weighted by atomic mass is 32.2. The van der Waals surface area contributed by atoms with Gasteiger partial charge in [0.05, 0.1) is 4.90 Å². The van der Waals surface area contributed by atoms with Crippen molar-refractivity contribution in [2.24, 2.45) is 0 Å². The van der Waals surface area contributed by atoms with Crippen LogP contribution in [0, 0.1) is 0 Å². The topological polar surface area (TPSA) is 104 Å². The summed E-state index contributed by atoms with van der Waals surface area (Å²) in [6.07, 6.45) is 0. The number of hydrogen-bond acceptors (Lipinski definition) is 4. The van der Waals surface area contributed by atoms with E-state index in [1.807, 2.05) is 0 Å². The highest BCUT2D eigenvalue weighted by Gasteiger charge is 2.10. The van der Waals surface area contributed by atoms with Gasteiger partial charge in [0.15, 0.2) is 0 Å². The molecule has 0 aliphatic rings. The first kappa shape index (κ1) is 11.6. The van der Waals surface area contributed by atoms with Crippen LogP contribution < -0.4 is 5.32 Å². The van der Waals surface area contributed by atoms with Crippen LogP contribution >= 0.6 is 0 Å². The molecule has 0 atom stereocenters. The Morgan fingerprint density at radius 3 is 2.60 bits per heavy atom. The van der Waals surface area contributed by atoms with Gasteiger partial charge in [-0.05, 0) is 18.2 Å². The van der Waals surface area contributed by atoms with Gasteiger partial charge in [-0.3, -0.25) is 9.35 Å². The normalized spacial score (nSPS) is 11.1. The van der Waals surface area contributed by atoms with Crippen LogP contribution in [0.25, 0.3) is 0 Å². The maximum Gasteiger partial charge on any atom is 0.294 e. The quantitative estimate of drug-likeness (QED) is 0.628. The van der Waals surface area contributed by atoms with Gasteiger partial charge in [0.2, 0.25) is 5.91 Å². The van der Waals surface area contributed by atoms with Crippen molar-refractivity contribution in [2.75, 3.05) is 11.9 Å². The van der Waals surface area contributed by atoms with Gasteiger partial charge in [-0.2, -0.15) is 8.42 Å². The highest BCUT2D eigenvalue weighted by molar-refractivity contribution is 7.85. The number of benzene rings is 1. The molecular weight excluding hydrogens is 222 g/mol. The lowest BCUT2D eigenvalue weighted by atomic mass is 10.3. The molecule has 0 saturated heterocycles. The number of hydrogen-bond donors (Lipinski definition) is 3. The maximum atomic E-state index is 10.8. The fourth-order valence-electron chi connectivity index (χ4n) is 0.935. The number of aliphatic hydroxyl groups is 1. The van der Waals surface area contributed by atoms with Gasteiger partial charge in [0, 0.05) is 5.69 Å². The second-order valence-corrected chi connectivity index (χ2v) is 4.13. The van der Waals surface area contributed by atoms with Crippen LogP contribution in [0.15, 0.2) is 29.2 Å². The van der Waals surface area contributed by atoms with Gasteiger partial charge in [-0.1, -0.05) is 6.07 Å². The van der Waals surface area contributed by atoms with Crippen LogP contribution in [-0.4, -0.2) is 30.6 Å². The van der Waals surface area contributed by atoms with Crippen LogP contribution in [0.4, 0.5) is 5.69 Å². The summed E-state index contributed by atoms with van der Waals surface area (Å²) in [5.74, 6) is -0.664. The molecule has 0 saturated carbocycles. The minimum absolute atomic E-state index is 0.184. The maximum absolute atomic E-state index is 10.8. The summed E-state index contributed by atoms with van der Waals surface area (Å²) in [5, 5.41) is 10.7. The molecule has 15 heavy (non-hydrogen) atoms. The van der Waals surface area contributed by atoms with Crippen LogP contribution in [0.1, 0.15) is 0 Å². The molecule has 0 aromatic heterocycles. The molecule has 3 N–H and O–H groups in total. The van der Waals surface area contributed by atoms with Crippen molar-refractivity contribution in [3.8, 4) is 0 Å². The Morgan fingerprint density at radius 1 is 1.40 bits per heavy atom. The summed E-state index contributed by atoms with van der Waals surface area (Å²) >= 11 is 0. The average molecular weight is 231 g/mol. The molecule has 1 amide bonds. The van der Waals surface area contributed by atoms with Crippen molar-refractivity contribution >= 4 is 21.7 Å². The van der Waals surface area contributed by atoms with E-state index >= 15 is 0 Å². The SMILES string of the molecule is O=C(CO)Nc1cccc(S(=O)(=O)O)c1. The van der Waals surface area contributed by atoms with Gasteiger partial charge < -0.3 is 10.4 Å². The molecule has 1 aromatic rings. The first-order valence-electron chi connectivity index (χ1n) is 3.92. The summed E-state index contributed by atoms with van der Waals surface area (Å²) in [7, 11) is -4.28. The third-order valence-corrected chi connectivity index (χ3v) is 2.41. The lowest BCUT2D eigenvalue weighted by Gasteiger charge is -2.04. The van der Waals surface area contributed by atoms with E-state index in [0.29, 0.717) is 0 Å². The molecule has 0 fully saturated rings. The molecule has 0 aliphatic heterocycles. The van der Waals surface area contributed by atoms with Crippen LogP contribution in [0.2, 0.25) is 0 Å². The zero-order valence-electron chi connectivity index (χ0n) is 7.54. The summed E-state index contributed by atoms with van der Waals surface area (Å²) in [6.45, 7) is -0.698. The standard InChI is InChI=1S/C8H9NO5S/c10-5-8(11)9-6-2-1-3-7(4-6)15(12,13)14/h1-4,10H,5H2,(H,9,11)(H,12,13,14). The Hall–Kier alpha value is -1.44. The van der Waals surface area contributed by atoms with E-state index in [2.05, 4.69) is 5.32 Å². The van der Waals surface area contributed by atoms with Crippen molar-refractivity contribution in [2.45, 2.75) is 4.90 Å². The molecule has 0 bridgehead atoms. The Kier molecular flexibility index (Phi) is 3.40. The van der Waals surface area contributed by atoms with E-state index in [4.69, 9.17) is 9.66 Å². The lowest BCUT2D eigenvalue weighted by Crippen LogP contribution is -2.15. The Labute approximate surface area is 86.3 Å². The first-order chi connectivity index (χ1) is 6.93. The van der Waals surface area contributed by atoms with Crippen molar-refractivity contribution in [1.82, 2.24) is 0 Å². The van der Waals surface area contributed by atoms with E-state index in [9.17, 15) is 13.2 Å². The largest absolute Gasteiger partial charge is 0.387 e. The lowest BCUT2D eigenvalue weighted by molar-refractivity contribution is -0.118. The van der Waals surface area contributed by atoms with E-state index in [0.717, 1.165) is 6.07 Å². The van der Waals surface area contributed by atoms with Crippen molar-refractivity contribution in [3.63, 3.8) is 0 Å². The third kappa shape index (κ3) is 3.31. The number of nitrogens with one attached hydrogen (secondary N) is 1. The van der Waals surface area contributed by atoms with Gasteiger partial charge >= 0.3 is 0 Å². The van der Waals surface area contributed by atoms with Gasteiger partial charge in [-0.15, -0.1) is 0 Å². The van der Waals surface area contributed by atoms with Gasteiger partial charge in [0.1, 0.15) is 6.61 Å². The Balaban J connectivity index is 2.99. The van der Waals surface area contributed by atoms with Crippen molar-refractivity contribution in [1.29, 1.82) is 0 Å². The molecule has 1 aromatic carbocycles. The van der Waals surface area contributed by atoms with Crippen LogP contribution in [0.5, 0.6) is 0 Å². The summed E-state index contributed by atoms with van der Waals surface area (Å²) in [4.78, 5) is 10.4. The van der Waals surface area contributed by atoms with E-state index in [1.165, 1.54) is 18.2 Å². The molecule has 82 valence electrons. The summed E-state index contributed by atoms with van der Waals surface area (Å²) in [6, 6.07) is 5.06. The number of rotatable bonds is 3. The predicted molar refractivity (Wildman–Crippen MR) is 52.0 cm³/mol. The first-order valence-corrected chi connectivity index (χ1v) is 5.36. The second kappa shape index (κ2) is 4.39. The number of aliphatic hydroxyl groups excluding tert-OH is 1. The minimum Gasteiger partial charge on any atom is -0.387 e. The number of carbonyl (C=O) groups is 1. The molecule has 7 heteroatoms. The highest BCUT2D eigenvalue weighted by Crippen LogP contribution is 2.14. The van der Waals surface area contributed by atoms with E-state index < -0.39 is 22.6 Å². The van der Waals surface area contributed by atoms with Gasteiger partial charge in [0.25, 0.3) is 10.1 Å². The van der Waals surface area contributed by atoms with Crippen LogP contribution in [0.3, 0.4) is 0 Å².